The van der Waals surface area contributed by atoms with Crippen LogP contribution < -0.4 is 5.73 Å². The van der Waals surface area contributed by atoms with Crippen molar-refractivity contribution in [2.24, 2.45) is 16.0 Å². The Morgan fingerprint density at radius 3 is 2.61 bits per heavy atom. The zero-order chi connectivity index (χ0) is 20.7. The monoisotopic (exact) mass is 378 g/mol. The summed E-state index contributed by atoms with van der Waals surface area (Å²) in [4.78, 5) is 10.3. The van der Waals surface area contributed by atoms with Gasteiger partial charge in [-0.25, -0.2) is 0 Å². The Balaban J connectivity index is 2.55. The van der Waals surface area contributed by atoms with Crippen LogP contribution in [-0.4, -0.2) is 16.1 Å². The van der Waals surface area contributed by atoms with Crippen LogP contribution in [0.2, 0.25) is 0 Å². The smallest absolute Gasteiger partial charge is 0.271 e. The number of nitro benzene ring substituents is 1. The summed E-state index contributed by atoms with van der Waals surface area (Å²) < 4.78 is 0. The first-order chi connectivity index (χ1) is 13.4. The summed E-state index contributed by atoms with van der Waals surface area (Å²) in [6, 6.07) is 11.4. The van der Waals surface area contributed by atoms with E-state index in [-0.39, 0.29) is 33.8 Å². The molecule has 0 aliphatic carbocycles. The van der Waals surface area contributed by atoms with Gasteiger partial charge in [-0.2, -0.15) is 20.8 Å². The maximum atomic E-state index is 10.9. The van der Waals surface area contributed by atoms with Gasteiger partial charge in [0.1, 0.15) is 12.1 Å². The molecule has 0 fully saturated rings. The zero-order valence-electron chi connectivity index (χ0n) is 15.1. The first-order valence-electron chi connectivity index (χ1n) is 8.49. The second kappa shape index (κ2) is 9.33. The highest BCUT2D eigenvalue weighted by Gasteiger charge is 2.24. The van der Waals surface area contributed by atoms with Crippen molar-refractivity contribution in [3.63, 3.8) is 0 Å². The van der Waals surface area contributed by atoms with Gasteiger partial charge in [-0.15, -0.1) is 0 Å². The van der Waals surface area contributed by atoms with Crippen molar-refractivity contribution >= 4 is 17.1 Å². The average molecular weight is 378 g/mol. The van der Waals surface area contributed by atoms with E-state index in [0.717, 1.165) is 0 Å². The average Bonchev–Trinajstić information content (AvgIpc) is 2.71. The summed E-state index contributed by atoms with van der Waals surface area (Å²) >= 11 is 0. The Hall–Kier alpha value is -3.66. The van der Waals surface area contributed by atoms with Crippen molar-refractivity contribution in [3.05, 3.63) is 63.2 Å². The normalized spacial score (nSPS) is 12.9. The highest BCUT2D eigenvalue weighted by atomic mass is 16.6. The number of nitriles is 2. The van der Waals surface area contributed by atoms with Gasteiger partial charge in [0.15, 0.2) is 0 Å². The highest BCUT2D eigenvalue weighted by molar-refractivity contribution is 5.62. The number of nitro groups is 1. The van der Waals surface area contributed by atoms with Crippen LogP contribution in [0.1, 0.15) is 42.5 Å². The van der Waals surface area contributed by atoms with Crippen molar-refractivity contribution in [2.45, 2.75) is 31.9 Å². The van der Waals surface area contributed by atoms with Crippen molar-refractivity contribution in [1.29, 1.82) is 10.5 Å². The number of aliphatic hydroxyl groups is 1. The molecule has 142 valence electrons. The van der Waals surface area contributed by atoms with Crippen molar-refractivity contribution < 1.29 is 10.0 Å². The third-order valence-corrected chi connectivity index (χ3v) is 4.10. The van der Waals surface area contributed by atoms with E-state index < -0.39 is 17.1 Å². The second-order valence-corrected chi connectivity index (χ2v) is 6.00. The fourth-order valence-electron chi connectivity index (χ4n) is 2.69. The highest BCUT2D eigenvalue weighted by Crippen LogP contribution is 2.34. The van der Waals surface area contributed by atoms with Crippen molar-refractivity contribution in [1.82, 2.24) is 0 Å². The molecule has 0 bridgehead atoms. The van der Waals surface area contributed by atoms with Crippen molar-refractivity contribution in [3.8, 4) is 12.1 Å². The number of rotatable bonds is 7. The largest absolute Gasteiger partial charge is 0.391 e. The van der Waals surface area contributed by atoms with Crippen LogP contribution >= 0.6 is 0 Å². The predicted octanol–water partition coefficient (Wildman–Crippen LogP) is 3.91. The molecule has 28 heavy (non-hydrogen) atoms. The van der Waals surface area contributed by atoms with Crippen LogP contribution in [0.15, 0.2) is 46.6 Å². The molecule has 0 aliphatic rings. The molecule has 0 saturated heterocycles. The Bertz CT molecular complexity index is 990. The maximum Gasteiger partial charge on any atom is 0.271 e. The minimum Gasteiger partial charge on any atom is -0.391 e. The van der Waals surface area contributed by atoms with Crippen LogP contribution in [-0.2, 0) is 0 Å². The molecule has 0 spiro atoms. The zero-order valence-corrected chi connectivity index (χ0v) is 15.1. The summed E-state index contributed by atoms with van der Waals surface area (Å²) in [5, 5.41) is 48.0. The lowest BCUT2D eigenvalue weighted by molar-refractivity contribution is -0.384. The van der Waals surface area contributed by atoms with E-state index in [9.17, 15) is 25.7 Å². The third-order valence-electron chi connectivity index (χ3n) is 4.10. The summed E-state index contributed by atoms with van der Waals surface area (Å²) in [7, 11) is 0. The van der Waals surface area contributed by atoms with Crippen molar-refractivity contribution in [2.75, 3.05) is 0 Å². The summed E-state index contributed by atoms with van der Waals surface area (Å²) in [5.41, 5.74) is 6.84. The van der Waals surface area contributed by atoms with E-state index in [0.29, 0.717) is 12.8 Å². The molecule has 2 atom stereocenters. The quantitative estimate of drug-likeness (QED) is 0.421. The van der Waals surface area contributed by atoms with Gasteiger partial charge in [-0.1, -0.05) is 19.4 Å². The van der Waals surface area contributed by atoms with Gasteiger partial charge < -0.3 is 10.8 Å². The first kappa shape index (κ1) is 20.6. The van der Waals surface area contributed by atoms with Crippen LogP contribution in [0.4, 0.5) is 17.1 Å². The summed E-state index contributed by atoms with van der Waals surface area (Å²) in [5.74, 6) is 0. The van der Waals surface area contributed by atoms with E-state index in [4.69, 9.17) is 5.73 Å². The number of hydrogen-bond acceptors (Lipinski definition) is 8. The van der Waals surface area contributed by atoms with Gasteiger partial charge in [0.05, 0.1) is 39.6 Å². The molecule has 2 aromatic carbocycles. The Kier molecular flexibility index (Phi) is 6.88. The van der Waals surface area contributed by atoms with Gasteiger partial charge in [0.2, 0.25) is 0 Å². The molecule has 0 heterocycles. The van der Waals surface area contributed by atoms with E-state index in [1.54, 1.807) is 0 Å². The fourth-order valence-corrected chi connectivity index (χ4v) is 2.69. The lowest BCUT2D eigenvalue weighted by Gasteiger charge is -2.21. The molecule has 0 aromatic heterocycles. The van der Waals surface area contributed by atoms with Crippen LogP contribution in [0.25, 0.3) is 0 Å². The number of aliphatic hydroxyl groups excluding tert-OH is 1. The van der Waals surface area contributed by atoms with E-state index in [1.807, 2.05) is 19.1 Å². The molecule has 0 radical (unpaired) electrons. The van der Waals surface area contributed by atoms with Gasteiger partial charge in [-0.05, 0) is 24.6 Å². The molecule has 0 saturated carbocycles. The van der Waals surface area contributed by atoms with E-state index in [1.165, 1.54) is 36.4 Å². The number of azo groups is 1. The molecular weight excluding hydrogens is 360 g/mol. The van der Waals surface area contributed by atoms with Gasteiger partial charge in [0, 0.05) is 17.7 Å². The first-order valence-corrected chi connectivity index (χ1v) is 8.49. The second-order valence-electron chi connectivity index (χ2n) is 6.00. The number of benzene rings is 2. The maximum absolute atomic E-state index is 10.9. The lowest BCUT2D eigenvalue weighted by atomic mass is 9.91. The predicted molar refractivity (Wildman–Crippen MR) is 101 cm³/mol. The molecule has 9 heteroatoms. The van der Waals surface area contributed by atoms with Crippen LogP contribution in [0, 0.1) is 32.8 Å². The fraction of sp³-hybridized carbons (Fsp3) is 0.263. The topological polar surface area (TPSA) is 162 Å². The van der Waals surface area contributed by atoms with Crippen LogP contribution in [0.3, 0.4) is 0 Å². The molecule has 9 nitrogen and oxygen atoms in total. The number of non-ortho nitro benzene ring substituents is 1. The van der Waals surface area contributed by atoms with E-state index in [2.05, 4.69) is 10.2 Å². The minimum absolute atomic E-state index is 0.0284. The molecule has 3 N–H and O–H groups in total. The standard InChI is InChI=1S/C19H18N6O3/c1-2-4-17(26)19(22)18-15(11-21)12(10-20)7-8-16(18)24-23-13-5-3-6-14(9-13)25(27)28/h3,5-9,17,19,26H,2,4,22H2,1H3. The number of nitrogens with two attached hydrogens (primary N) is 1. The van der Waals surface area contributed by atoms with Gasteiger partial charge in [-0.3, -0.25) is 10.1 Å². The number of hydrogen-bond donors (Lipinski definition) is 2. The molecular formula is C19H18N6O3. The Morgan fingerprint density at radius 1 is 1.25 bits per heavy atom. The molecule has 0 amide bonds. The lowest BCUT2D eigenvalue weighted by Crippen LogP contribution is -2.27. The van der Waals surface area contributed by atoms with Gasteiger partial charge in [0.25, 0.3) is 5.69 Å². The molecule has 2 rings (SSSR count). The Morgan fingerprint density at radius 2 is 2.00 bits per heavy atom. The SMILES string of the molecule is CCCC(O)C(N)c1c(N=Nc2cccc([N+](=O)[O-])c2)ccc(C#N)c1C#N. The molecule has 0 aliphatic heterocycles. The Labute approximate surface area is 161 Å². The number of nitrogens with zero attached hydrogens (tertiary/aromatic N) is 5. The summed E-state index contributed by atoms with van der Waals surface area (Å²) in [6.07, 6.45) is 0.154. The minimum atomic E-state index is -0.943. The molecule has 2 aromatic rings. The van der Waals surface area contributed by atoms with Crippen LogP contribution in [0.5, 0.6) is 0 Å². The third kappa shape index (κ3) is 4.54. The van der Waals surface area contributed by atoms with E-state index >= 15 is 0 Å². The summed E-state index contributed by atoms with van der Waals surface area (Å²) in [6.45, 7) is 1.88. The molecule has 2 unspecified atom stereocenters. The van der Waals surface area contributed by atoms with Gasteiger partial charge >= 0.3 is 0 Å².